The van der Waals surface area contributed by atoms with E-state index in [9.17, 15) is 4.79 Å². The normalized spacial score (nSPS) is 22.1. The second kappa shape index (κ2) is 5.71. The number of aromatic nitrogens is 2. The molecular weight excluding hydrogens is 252 g/mol. The summed E-state index contributed by atoms with van der Waals surface area (Å²) in [6.45, 7) is 9.08. The van der Waals surface area contributed by atoms with Crippen molar-refractivity contribution >= 4 is 12.4 Å². The summed E-state index contributed by atoms with van der Waals surface area (Å²) in [5, 5.41) is 0. The van der Waals surface area contributed by atoms with Gasteiger partial charge in [-0.1, -0.05) is 20.8 Å². The monoisotopic (exact) mass is 275 g/mol. The van der Waals surface area contributed by atoms with E-state index in [2.05, 4.69) is 30.7 Å². The van der Waals surface area contributed by atoms with Crippen LogP contribution in [-0.4, -0.2) is 32.9 Å². The van der Waals surface area contributed by atoms with Crippen LogP contribution in [0.2, 0.25) is 0 Å². The minimum absolute atomic E-state index is 0.00662. The average Bonchev–Trinajstić information content (AvgIpc) is 3.06. The first-order valence-electron chi connectivity index (χ1n) is 7.26. The van der Waals surface area contributed by atoms with Gasteiger partial charge in [0.05, 0.1) is 6.54 Å². The fourth-order valence-electron chi connectivity index (χ4n) is 2.71. The van der Waals surface area contributed by atoms with Crippen molar-refractivity contribution in [2.45, 2.75) is 40.5 Å². The third-order valence-corrected chi connectivity index (χ3v) is 3.77. The molecule has 1 amide bonds. The molecule has 0 saturated carbocycles. The zero-order valence-corrected chi connectivity index (χ0v) is 12.7. The second-order valence-corrected chi connectivity index (χ2v) is 5.42. The minimum Gasteiger partial charge on any atom is -0.245 e. The van der Waals surface area contributed by atoms with Crippen molar-refractivity contribution in [1.29, 1.82) is 0 Å². The fraction of sp³-hybridized carbons (Fsp3) is 0.533. The van der Waals surface area contributed by atoms with E-state index in [-0.39, 0.29) is 10.5 Å². The number of hydrogen-bond acceptors (Lipinski definition) is 3. The molecule has 0 spiro atoms. The molecule has 0 saturated heterocycles. The molecule has 0 fully saturated rings. The van der Waals surface area contributed by atoms with Crippen LogP contribution in [0.15, 0.2) is 35.1 Å². The largest absolute Gasteiger partial charge is 0.439 e. The van der Waals surface area contributed by atoms with Crippen molar-refractivity contribution in [1.82, 2.24) is 9.55 Å². The summed E-state index contributed by atoms with van der Waals surface area (Å²) in [4.78, 5) is 21.4. The standard InChI is InChI=1S/C15H23N4O/c1-5-7-13-14(12(3)4)17-11-19(13,6-2)15(20)18-9-8-16-10-18/h8-12H,5-7H2,1-4H3/q+1. The fourth-order valence-corrected chi connectivity index (χ4v) is 2.71. The smallest absolute Gasteiger partial charge is 0.245 e. The topological polar surface area (TPSA) is 47.2 Å². The number of carbonyl (C=O) groups excluding carboxylic acids is 1. The third kappa shape index (κ3) is 2.22. The van der Waals surface area contributed by atoms with Crippen LogP contribution >= 0.6 is 0 Å². The van der Waals surface area contributed by atoms with Crippen LogP contribution in [0, 0.1) is 5.92 Å². The lowest BCUT2D eigenvalue weighted by Gasteiger charge is -2.28. The first-order chi connectivity index (χ1) is 9.56. The summed E-state index contributed by atoms with van der Waals surface area (Å²) in [5.74, 6) is 0.329. The minimum atomic E-state index is -0.00662. The van der Waals surface area contributed by atoms with Crippen molar-refractivity contribution in [3.05, 3.63) is 30.1 Å². The molecular formula is C15H23N4O+. The first-order valence-corrected chi connectivity index (χ1v) is 7.26. The van der Waals surface area contributed by atoms with Gasteiger partial charge in [0.25, 0.3) is 0 Å². The number of nitrogens with zero attached hydrogens (tertiary/aromatic N) is 4. The molecule has 1 aliphatic heterocycles. The first kappa shape index (κ1) is 14.7. The molecule has 0 N–H and O–H groups in total. The van der Waals surface area contributed by atoms with E-state index in [0.717, 1.165) is 24.2 Å². The Balaban J connectivity index is 2.50. The molecule has 20 heavy (non-hydrogen) atoms. The maximum absolute atomic E-state index is 12.9. The number of carbonyl (C=O) groups is 1. The molecule has 5 heteroatoms. The van der Waals surface area contributed by atoms with Crippen molar-refractivity contribution in [2.75, 3.05) is 6.54 Å². The van der Waals surface area contributed by atoms with Gasteiger partial charge in [-0.05, 0) is 13.3 Å². The van der Waals surface area contributed by atoms with Crippen LogP contribution in [-0.2, 0) is 0 Å². The lowest BCUT2D eigenvalue weighted by atomic mass is 10.1. The third-order valence-electron chi connectivity index (χ3n) is 3.77. The predicted molar refractivity (Wildman–Crippen MR) is 79.1 cm³/mol. The van der Waals surface area contributed by atoms with Gasteiger partial charge in [-0.2, -0.15) is 4.48 Å². The molecule has 1 aromatic heterocycles. The van der Waals surface area contributed by atoms with Crippen LogP contribution in [0.25, 0.3) is 0 Å². The number of rotatable bonds is 4. The van der Waals surface area contributed by atoms with Crippen LogP contribution in [0.1, 0.15) is 40.5 Å². The summed E-state index contributed by atoms with van der Waals surface area (Å²) < 4.78 is 1.74. The van der Waals surface area contributed by atoms with E-state index >= 15 is 0 Å². The number of amides is 1. The van der Waals surface area contributed by atoms with Crippen molar-refractivity contribution in [2.24, 2.45) is 10.9 Å². The molecule has 0 aromatic carbocycles. The molecule has 1 atom stereocenters. The molecule has 5 nitrogen and oxygen atoms in total. The Labute approximate surface area is 120 Å². The molecule has 2 rings (SSSR count). The van der Waals surface area contributed by atoms with Gasteiger partial charge in [-0.25, -0.2) is 19.3 Å². The van der Waals surface area contributed by atoms with Crippen LogP contribution in [0.5, 0.6) is 0 Å². The van der Waals surface area contributed by atoms with Crippen LogP contribution < -0.4 is 0 Å². The van der Waals surface area contributed by atoms with E-state index in [4.69, 9.17) is 0 Å². The van der Waals surface area contributed by atoms with E-state index in [1.165, 1.54) is 0 Å². The molecule has 0 bridgehead atoms. The molecule has 1 aliphatic rings. The highest BCUT2D eigenvalue weighted by molar-refractivity contribution is 5.81. The van der Waals surface area contributed by atoms with Crippen molar-refractivity contribution in [3.63, 3.8) is 0 Å². The van der Waals surface area contributed by atoms with Crippen LogP contribution in [0.4, 0.5) is 4.79 Å². The lowest BCUT2D eigenvalue weighted by molar-refractivity contribution is -0.706. The molecule has 0 radical (unpaired) electrons. The Morgan fingerprint density at radius 2 is 2.15 bits per heavy atom. The summed E-state index contributed by atoms with van der Waals surface area (Å²) in [7, 11) is 0. The lowest BCUT2D eigenvalue weighted by Crippen LogP contribution is -2.51. The SMILES string of the molecule is CCCC1=C(C(C)C)N=C[N+]1(CC)C(=O)n1ccnc1. The Morgan fingerprint density at radius 1 is 1.40 bits per heavy atom. The van der Waals surface area contributed by atoms with Gasteiger partial charge in [-0.15, -0.1) is 0 Å². The Morgan fingerprint density at radius 3 is 2.65 bits per heavy atom. The van der Waals surface area contributed by atoms with Gasteiger partial charge >= 0.3 is 6.03 Å². The highest BCUT2D eigenvalue weighted by Crippen LogP contribution is 2.34. The van der Waals surface area contributed by atoms with Gasteiger partial charge < -0.3 is 0 Å². The maximum atomic E-state index is 12.9. The number of imidazole rings is 1. The highest BCUT2D eigenvalue weighted by atomic mass is 16.2. The Kier molecular flexibility index (Phi) is 4.18. The van der Waals surface area contributed by atoms with Crippen LogP contribution in [0.3, 0.4) is 0 Å². The van der Waals surface area contributed by atoms with Gasteiger partial charge in [0.15, 0.2) is 0 Å². The predicted octanol–water partition coefficient (Wildman–Crippen LogP) is 3.40. The molecule has 0 aliphatic carbocycles. The average molecular weight is 275 g/mol. The van der Waals surface area contributed by atoms with Crippen molar-refractivity contribution in [3.8, 4) is 0 Å². The maximum Gasteiger partial charge on any atom is 0.439 e. The quantitative estimate of drug-likeness (QED) is 0.791. The van der Waals surface area contributed by atoms with E-state index in [0.29, 0.717) is 12.5 Å². The van der Waals surface area contributed by atoms with Gasteiger partial charge in [0, 0.05) is 24.7 Å². The zero-order chi connectivity index (χ0) is 14.8. The van der Waals surface area contributed by atoms with Crippen molar-refractivity contribution < 1.29 is 9.28 Å². The number of aliphatic imine (C=N–C) groups is 1. The highest BCUT2D eigenvalue weighted by Gasteiger charge is 2.45. The molecule has 1 unspecified atom stereocenters. The van der Waals surface area contributed by atoms with Gasteiger partial charge in [0.1, 0.15) is 17.7 Å². The second-order valence-electron chi connectivity index (χ2n) is 5.42. The van der Waals surface area contributed by atoms with E-state index in [1.807, 2.05) is 6.92 Å². The number of allylic oxidation sites excluding steroid dienone is 2. The Hall–Kier alpha value is -1.75. The summed E-state index contributed by atoms with van der Waals surface area (Å²) >= 11 is 0. The summed E-state index contributed by atoms with van der Waals surface area (Å²) in [6, 6.07) is -0.00662. The summed E-state index contributed by atoms with van der Waals surface area (Å²) in [6.07, 6.45) is 8.58. The van der Waals surface area contributed by atoms with E-state index < -0.39 is 0 Å². The molecule has 2 heterocycles. The van der Waals surface area contributed by atoms with Gasteiger partial charge in [0.2, 0.25) is 6.34 Å². The molecule has 108 valence electrons. The Bertz CT molecular complexity index is 542. The number of quaternary nitrogens is 1. The molecule has 1 aromatic rings. The zero-order valence-electron chi connectivity index (χ0n) is 12.7. The van der Waals surface area contributed by atoms with E-state index in [1.54, 1.807) is 29.6 Å². The number of hydrogen-bond donors (Lipinski definition) is 0. The summed E-state index contributed by atoms with van der Waals surface area (Å²) in [5.41, 5.74) is 2.19. The van der Waals surface area contributed by atoms with Gasteiger partial charge in [-0.3, -0.25) is 0 Å².